The minimum atomic E-state index is 0.444. The molecule has 19 heavy (non-hydrogen) atoms. The lowest BCUT2D eigenvalue weighted by Crippen LogP contribution is -2.35. The van der Waals surface area contributed by atoms with Gasteiger partial charge in [-0.1, -0.05) is 13.8 Å². The first-order valence-corrected chi connectivity index (χ1v) is 8.23. The van der Waals surface area contributed by atoms with Crippen molar-refractivity contribution in [3.8, 4) is 5.75 Å². The predicted octanol–water partition coefficient (Wildman–Crippen LogP) is 4.34. The van der Waals surface area contributed by atoms with Gasteiger partial charge in [-0.3, -0.25) is 0 Å². The van der Waals surface area contributed by atoms with E-state index >= 15 is 0 Å². The standard InChI is InChI=1S/C16H25NOS/c1-5-18-14-6-7-15(12(2)8-14)17-13-9-16(3,4)11-19-10-13/h6-8,13,17H,5,9-11H2,1-4H3. The lowest BCUT2D eigenvalue weighted by atomic mass is 9.87. The van der Waals surface area contributed by atoms with Crippen molar-refractivity contribution in [1.29, 1.82) is 0 Å². The molecule has 2 nitrogen and oxygen atoms in total. The van der Waals surface area contributed by atoms with Crippen LogP contribution in [0.2, 0.25) is 0 Å². The first-order valence-electron chi connectivity index (χ1n) is 7.08. The Balaban J connectivity index is 2.02. The molecule has 3 heteroatoms. The lowest BCUT2D eigenvalue weighted by Gasteiger charge is -2.35. The summed E-state index contributed by atoms with van der Waals surface area (Å²) in [5.74, 6) is 3.44. The Hall–Kier alpha value is -0.830. The molecule has 1 unspecified atom stereocenters. The normalized spacial score (nSPS) is 22.0. The van der Waals surface area contributed by atoms with Crippen molar-refractivity contribution < 1.29 is 4.74 Å². The number of aryl methyl sites for hydroxylation is 1. The van der Waals surface area contributed by atoms with Gasteiger partial charge >= 0.3 is 0 Å². The van der Waals surface area contributed by atoms with Gasteiger partial charge in [-0.25, -0.2) is 0 Å². The molecule has 2 rings (SSSR count). The summed E-state index contributed by atoms with van der Waals surface area (Å²) in [6.45, 7) is 9.60. The second-order valence-corrected chi connectivity index (χ2v) is 7.16. The van der Waals surface area contributed by atoms with E-state index < -0.39 is 0 Å². The van der Waals surface area contributed by atoms with Gasteiger partial charge in [0.25, 0.3) is 0 Å². The number of ether oxygens (including phenoxy) is 1. The van der Waals surface area contributed by atoms with Crippen LogP contribution in [0.1, 0.15) is 32.8 Å². The highest BCUT2D eigenvalue weighted by atomic mass is 32.2. The Labute approximate surface area is 121 Å². The van der Waals surface area contributed by atoms with Crippen molar-refractivity contribution in [3.05, 3.63) is 23.8 Å². The quantitative estimate of drug-likeness (QED) is 0.886. The van der Waals surface area contributed by atoms with E-state index in [1.807, 2.05) is 6.92 Å². The molecule has 1 aliphatic heterocycles. The predicted molar refractivity (Wildman–Crippen MR) is 85.5 cm³/mol. The minimum Gasteiger partial charge on any atom is -0.494 e. The highest BCUT2D eigenvalue weighted by Gasteiger charge is 2.28. The van der Waals surface area contributed by atoms with Crippen LogP contribution in [-0.2, 0) is 0 Å². The molecule has 0 amide bonds. The molecule has 1 aliphatic rings. The number of benzene rings is 1. The maximum Gasteiger partial charge on any atom is 0.119 e. The molecule has 0 aromatic heterocycles. The van der Waals surface area contributed by atoms with Crippen molar-refractivity contribution in [2.24, 2.45) is 5.41 Å². The smallest absolute Gasteiger partial charge is 0.119 e. The van der Waals surface area contributed by atoms with E-state index in [-0.39, 0.29) is 0 Å². The van der Waals surface area contributed by atoms with Crippen molar-refractivity contribution in [3.63, 3.8) is 0 Å². The van der Waals surface area contributed by atoms with E-state index in [9.17, 15) is 0 Å². The first kappa shape index (κ1) is 14.6. The number of nitrogens with one attached hydrogen (secondary N) is 1. The first-order chi connectivity index (χ1) is 9.00. The summed E-state index contributed by atoms with van der Waals surface area (Å²) in [7, 11) is 0. The van der Waals surface area contributed by atoms with Gasteiger partial charge in [0.2, 0.25) is 0 Å². The van der Waals surface area contributed by atoms with Crippen LogP contribution >= 0.6 is 11.8 Å². The Morgan fingerprint density at radius 1 is 1.42 bits per heavy atom. The molecule has 1 fully saturated rings. The summed E-state index contributed by atoms with van der Waals surface area (Å²) in [5.41, 5.74) is 2.95. The van der Waals surface area contributed by atoms with Gasteiger partial charge in [-0.05, 0) is 55.2 Å². The third kappa shape index (κ3) is 4.07. The number of hydrogen-bond donors (Lipinski definition) is 1. The summed E-state index contributed by atoms with van der Waals surface area (Å²) >= 11 is 2.06. The molecule has 1 atom stereocenters. The van der Waals surface area contributed by atoms with Gasteiger partial charge in [0.1, 0.15) is 5.75 Å². The van der Waals surface area contributed by atoms with Crippen molar-refractivity contribution in [2.45, 2.75) is 40.2 Å². The fourth-order valence-electron chi connectivity index (χ4n) is 2.63. The molecule has 0 bridgehead atoms. The van der Waals surface area contributed by atoms with E-state index in [1.54, 1.807) is 0 Å². The zero-order chi connectivity index (χ0) is 13.9. The molecule has 1 N–H and O–H groups in total. The van der Waals surface area contributed by atoms with E-state index in [0.717, 1.165) is 12.4 Å². The fraction of sp³-hybridized carbons (Fsp3) is 0.625. The van der Waals surface area contributed by atoms with Crippen LogP contribution in [0.15, 0.2) is 18.2 Å². The summed E-state index contributed by atoms with van der Waals surface area (Å²) in [4.78, 5) is 0. The van der Waals surface area contributed by atoms with E-state index in [2.05, 4.69) is 56.0 Å². The SMILES string of the molecule is CCOc1ccc(NC2CSCC(C)(C)C2)c(C)c1. The third-order valence-corrected chi connectivity index (χ3v) is 5.10. The lowest BCUT2D eigenvalue weighted by molar-refractivity contribution is 0.340. The van der Waals surface area contributed by atoms with Gasteiger partial charge in [0, 0.05) is 17.5 Å². The fourth-order valence-corrected chi connectivity index (χ4v) is 3.90. The van der Waals surface area contributed by atoms with Crippen molar-refractivity contribution in [2.75, 3.05) is 23.4 Å². The minimum absolute atomic E-state index is 0.444. The Kier molecular flexibility index (Phi) is 4.67. The van der Waals surface area contributed by atoms with Crippen LogP contribution in [0.25, 0.3) is 0 Å². The second-order valence-electron chi connectivity index (χ2n) is 6.13. The highest BCUT2D eigenvalue weighted by molar-refractivity contribution is 7.99. The maximum atomic E-state index is 5.53. The van der Waals surface area contributed by atoms with Gasteiger partial charge in [0.15, 0.2) is 0 Å². The number of anilines is 1. The molecular weight excluding hydrogens is 254 g/mol. The Morgan fingerprint density at radius 3 is 2.84 bits per heavy atom. The van der Waals surface area contributed by atoms with Crippen LogP contribution < -0.4 is 10.1 Å². The highest BCUT2D eigenvalue weighted by Crippen LogP contribution is 2.35. The zero-order valence-corrected chi connectivity index (χ0v) is 13.3. The summed E-state index contributed by atoms with van der Waals surface area (Å²) < 4.78 is 5.53. The average Bonchev–Trinajstić information content (AvgIpc) is 2.32. The van der Waals surface area contributed by atoms with E-state index in [4.69, 9.17) is 4.74 Å². The van der Waals surface area contributed by atoms with Gasteiger partial charge < -0.3 is 10.1 Å². The molecular formula is C16H25NOS. The van der Waals surface area contributed by atoms with Gasteiger partial charge in [-0.15, -0.1) is 0 Å². The van der Waals surface area contributed by atoms with Crippen LogP contribution in [0, 0.1) is 12.3 Å². The van der Waals surface area contributed by atoms with Gasteiger partial charge in [0.05, 0.1) is 6.61 Å². The summed E-state index contributed by atoms with van der Waals surface area (Å²) in [5, 5.41) is 3.70. The van der Waals surface area contributed by atoms with Crippen LogP contribution in [-0.4, -0.2) is 24.2 Å². The molecule has 1 aromatic rings. The third-order valence-electron chi connectivity index (χ3n) is 3.48. The summed E-state index contributed by atoms with van der Waals surface area (Å²) in [6, 6.07) is 6.89. The Morgan fingerprint density at radius 2 is 2.21 bits per heavy atom. The van der Waals surface area contributed by atoms with Crippen LogP contribution in [0.3, 0.4) is 0 Å². The zero-order valence-electron chi connectivity index (χ0n) is 12.5. The summed E-state index contributed by atoms with van der Waals surface area (Å²) in [6.07, 6.45) is 1.24. The topological polar surface area (TPSA) is 21.3 Å². The molecule has 1 saturated heterocycles. The average molecular weight is 279 g/mol. The largest absolute Gasteiger partial charge is 0.494 e. The van der Waals surface area contributed by atoms with Crippen molar-refractivity contribution >= 4 is 17.4 Å². The molecule has 1 heterocycles. The van der Waals surface area contributed by atoms with E-state index in [0.29, 0.717) is 11.5 Å². The van der Waals surface area contributed by atoms with Gasteiger partial charge in [-0.2, -0.15) is 11.8 Å². The molecule has 0 spiro atoms. The number of rotatable bonds is 4. The molecule has 1 aromatic carbocycles. The Bertz CT molecular complexity index is 431. The molecule has 0 aliphatic carbocycles. The monoisotopic (exact) mass is 279 g/mol. The number of thioether (sulfide) groups is 1. The molecule has 106 valence electrons. The molecule has 0 radical (unpaired) electrons. The van der Waals surface area contributed by atoms with E-state index in [1.165, 1.54) is 29.2 Å². The maximum absolute atomic E-state index is 5.53. The van der Waals surface area contributed by atoms with Crippen molar-refractivity contribution in [1.82, 2.24) is 0 Å². The van der Waals surface area contributed by atoms with Crippen LogP contribution in [0.5, 0.6) is 5.75 Å². The molecule has 0 saturated carbocycles. The van der Waals surface area contributed by atoms with Crippen LogP contribution in [0.4, 0.5) is 5.69 Å². The number of hydrogen-bond acceptors (Lipinski definition) is 3. The second kappa shape index (κ2) is 6.08.